The zero-order valence-electron chi connectivity index (χ0n) is 6.72. The first-order valence-corrected chi connectivity index (χ1v) is 4.36. The molecule has 72 valence electrons. The van der Waals surface area contributed by atoms with E-state index >= 15 is 0 Å². The maximum atomic E-state index is 11.8. The number of alkyl halides is 1. The van der Waals surface area contributed by atoms with Gasteiger partial charge in [0.25, 0.3) is 0 Å². The van der Waals surface area contributed by atoms with Gasteiger partial charge in [-0.05, 0) is 15.9 Å². The number of nitrogen functional groups attached to an aromatic ring is 1. The Balaban J connectivity index is 2.78. The second-order valence-electron chi connectivity index (χ2n) is 2.15. The van der Waals surface area contributed by atoms with Gasteiger partial charge < -0.3 is 5.32 Å². The van der Waals surface area contributed by atoms with Crippen molar-refractivity contribution in [3.63, 3.8) is 0 Å². The lowest BCUT2D eigenvalue weighted by Crippen LogP contribution is -2.13. The van der Waals surface area contributed by atoms with E-state index < -0.39 is 6.67 Å². The van der Waals surface area contributed by atoms with Crippen molar-refractivity contribution in [3.8, 4) is 0 Å². The molecule has 1 heterocycles. The molecule has 4 N–H and O–H groups in total. The number of nitrogens with two attached hydrogens (primary N) is 1. The molecule has 0 atom stereocenters. The third-order valence-corrected chi connectivity index (χ3v) is 1.84. The monoisotopic (exact) mass is 249 g/mol. The van der Waals surface area contributed by atoms with E-state index in [1.165, 1.54) is 6.20 Å². The first kappa shape index (κ1) is 10.1. The van der Waals surface area contributed by atoms with Crippen molar-refractivity contribution in [2.45, 2.75) is 0 Å². The van der Waals surface area contributed by atoms with Gasteiger partial charge in [0.1, 0.15) is 12.5 Å². The predicted molar refractivity (Wildman–Crippen MR) is 52.0 cm³/mol. The van der Waals surface area contributed by atoms with Gasteiger partial charge >= 0.3 is 0 Å². The Morgan fingerprint density at radius 3 is 3.00 bits per heavy atom. The van der Waals surface area contributed by atoms with Crippen LogP contribution in [0.3, 0.4) is 0 Å². The van der Waals surface area contributed by atoms with Crippen molar-refractivity contribution < 1.29 is 4.39 Å². The third-order valence-electron chi connectivity index (χ3n) is 1.26. The fourth-order valence-electron chi connectivity index (χ4n) is 0.726. The van der Waals surface area contributed by atoms with Gasteiger partial charge in [0.05, 0.1) is 4.47 Å². The number of anilines is 2. The number of hydrogen-bond donors (Lipinski definition) is 3. The maximum absolute atomic E-state index is 11.8. The topological polar surface area (TPSA) is 75.9 Å². The Morgan fingerprint density at radius 2 is 2.38 bits per heavy atom. The molecule has 1 aromatic rings. The summed E-state index contributed by atoms with van der Waals surface area (Å²) in [5.74, 6) is 5.90. The molecular weight excluding hydrogens is 241 g/mol. The van der Waals surface area contributed by atoms with Crippen molar-refractivity contribution in [1.82, 2.24) is 9.97 Å². The van der Waals surface area contributed by atoms with Gasteiger partial charge in [-0.1, -0.05) is 0 Å². The largest absolute Gasteiger partial charge is 0.366 e. The third kappa shape index (κ3) is 2.78. The van der Waals surface area contributed by atoms with E-state index in [1.807, 2.05) is 0 Å². The van der Waals surface area contributed by atoms with Gasteiger partial charge in [-0.15, -0.1) is 0 Å². The number of hydrogen-bond acceptors (Lipinski definition) is 5. The zero-order chi connectivity index (χ0) is 9.68. The molecular formula is C6H9BrFN5. The van der Waals surface area contributed by atoms with E-state index in [9.17, 15) is 4.39 Å². The standard InChI is InChI=1S/C6H9BrFN5/c7-4-3-11-6(13-9)12-5(4)10-2-1-8/h3H,1-2,9H2,(H2,10,11,12,13). The minimum absolute atomic E-state index is 0.208. The van der Waals surface area contributed by atoms with Crippen LogP contribution in [0.5, 0.6) is 0 Å². The lowest BCUT2D eigenvalue weighted by Gasteiger charge is -2.06. The van der Waals surface area contributed by atoms with E-state index in [0.29, 0.717) is 10.3 Å². The van der Waals surface area contributed by atoms with Crippen molar-refractivity contribution >= 4 is 27.7 Å². The summed E-state index contributed by atoms with van der Waals surface area (Å²) in [5.41, 5.74) is 2.29. The predicted octanol–water partition coefficient (Wildman–Crippen LogP) is 0.906. The van der Waals surface area contributed by atoms with Crippen molar-refractivity contribution in [2.75, 3.05) is 24.0 Å². The minimum Gasteiger partial charge on any atom is -0.366 e. The van der Waals surface area contributed by atoms with Crippen LogP contribution in [-0.2, 0) is 0 Å². The lowest BCUT2D eigenvalue weighted by molar-refractivity contribution is 0.512. The number of aromatic nitrogens is 2. The molecule has 0 radical (unpaired) electrons. The van der Waals surface area contributed by atoms with Crippen LogP contribution in [0.1, 0.15) is 0 Å². The molecule has 1 aromatic heterocycles. The number of nitrogens with zero attached hydrogens (tertiary/aromatic N) is 2. The summed E-state index contributed by atoms with van der Waals surface area (Å²) in [7, 11) is 0. The van der Waals surface area contributed by atoms with Crippen LogP contribution in [0.15, 0.2) is 10.7 Å². The number of halogens is 2. The summed E-state index contributed by atoms with van der Waals surface area (Å²) in [5, 5.41) is 2.77. The fourth-order valence-corrected chi connectivity index (χ4v) is 1.06. The van der Waals surface area contributed by atoms with E-state index in [4.69, 9.17) is 5.84 Å². The highest BCUT2D eigenvalue weighted by Gasteiger charge is 2.02. The molecule has 0 amide bonds. The van der Waals surface area contributed by atoms with Gasteiger partial charge in [0.15, 0.2) is 0 Å². The first-order valence-electron chi connectivity index (χ1n) is 3.57. The number of nitrogens with one attached hydrogen (secondary N) is 2. The summed E-state index contributed by atoms with van der Waals surface area (Å²) in [4.78, 5) is 7.79. The van der Waals surface area contributed by atoms with Crippen LogP contribution in [0.25, 0.3) is 0 Å². The van der Waals surface area contributed by atoms with E-state index in [0.717, 1.165) is 0 Å². The number of hydrazine groups is 1. The van der Waals surface area contributed by atoms with Gasteiger partial charge in [-0.25, -0.2) is 15.2 Å². The molecule has 0 aliphatic heterocycles. The Bertz CT molecular complexity index is 282. The molecule has 0 aromatic carbocycles. The van der Waals surface area contributed by atoms with Gasteiger partial charge in [0.2, 0.25) is 5.95 Å². The average Bonchev–Trinajstić information content (AvgIpc) is 2.17. The first-order chi connectivity index (χ1) is 6.27. The molecule has 0 fully saturated rings. The molecule has 0 saturated heterocycles. The SMILES string of the molecule is NNc1ncc(Br)c(NCCF)n1. The smallest absolute Gasteiger partial charge is 0.239 e. The van der Waals surface area contributed by atoms with Gasteiger partial charge in [0, 0.05) is 12.7 Å². The molecule has 0 saturated carbocycles. The normalized spacial score (nSPS) is 9.77. The molecule has 0 bridgehead atoms. The van der Waals surface area contributed by atoms with E-state index in [1.54, 1.807) is 0 Å². The van der Waals surface area contributed by atoms with E-state index in [-0.39, 0.29) is 12.5 Å². The summed E-state index contributed by atoms with van der Waals surface area (Å²) in [6, 6.07) is 0. The molecule has 1 rings (SSSR count). The van der Waals surface area contributed by atoms with Crippen LogP contribution in [0, 0.1) is 0 Å². The van der Waals surface area contributed by atoms with Crippen molar-refractivity contribution in [3.05, 3.63) is 10.7 Å². The highest BCUT2D eigenvalue weighted by molar-refractivity contribution is 9.10. The number of rotatable bonds is 4. The van der Waals surface area contributed by atoms with Crippen molar-refractivity contribution in [2.24, 2.45) is 5.84 Å². The van der Waals surface area contributed by atoms with Crippen LogP contribution in [-0.4, -0.2) is 23.2 Å². The molecule has 5 nitrogen and oxygen atoms in total. The molecule has 0 unspecified atom stereocenters. The molecule has 13 heavy (non-hydrogen) atoms. The zero-order valence-corrected chi connectivity index (χ0v) is 8.31. The quantitative estimate of drug-likeness (QED) is 0.547. The Labute approximate surface area is 83.0 Å². The highest BCUT2D eigenvalue weighted by atomic mass is 79.9. The molecule has 7 heteroatoms. The fraction of sp³-hybridized carbons (Fsp3) is 0.333. The molecule has 0 aliphatic carbocycles. The maximum Gasteiger partial charge on any atom is 0.239 e. The summed E-state index contributed by atoms with van der Waals surface area (Å²) < 4.78 is 12.5. The Kier molecular flexibility index (Phi) is 3.84. The molecule has 0 spiro atoms. The minimum atomic E-state index is -0.457. The summed E-state index contributed by atoms with van der Waals surface area (Å²) in [6.45, 7) is -0.249. The lowest BCUT2D eigenvalue weighted by atomic mass is 10.5. The van der Waals surface area contributed by atoms with Crippen LogP contribution < -0.4 is 16.6 Å². The molecule has 0 aliphatic rings. The second kappa shape index (κ2) is 4.93. The van der Waals surface area contributed by atoms with Crippen LogP contribution >= 0.6 is 15.9 Å². The van der Waals surface area contributed by atoms with Crippen molar-refractivity contribution in [1.29, 1.82) is 0 Å². The Hall–Kier alpha value is -0.950. The van der Waals surface area contributed by atoms with Gasteiger partial charge in [-0.2, -0.15) is 4.98 Å². The van der Waals surface area contributed by atoms with Gasteiger partial charge in [-0.3, -0.25) is 5.43 Å². The Morgan fingerprint density at radius 1 is 1.62 bits per heavy atom. The van der Waals surface area contributed by atoms with Crippen LogP contribution in [0.2, 0.25) is 0 Å². The summed E-state index contributed by atoms with van der Waals surface area (Å²) in [6.07, 6.45) is 1.53. The average molecular weight is 250 g/mol. The van der Waals surface area contributed by atoms with E-state index in [2.05, 4.69) is 36.6 Å². The second-order valence-corrected chi connectivity index (χ2v) is 3.00. The highest BCUT2D eigenvalue weighted by Crippen LogP contribution is 2.19. The summed E-state index contributed by atoms with van der Waals surface area (Å²) >= 11 is 3.21. The van der Waals surface area contributed by atoms with Crippen LogP contribution in [0.4, 0.5) is 16.2 Å².